The number of anilines is 2. The number of para-hydroxylation sites is 1. The number of carbonyl (C=O) groups excluding carboxylic acids is 1. The molecule has 0 fully saturated rings. The number of benzene rings is 2. The van der Waals surface area contributed by atoms with Gasteiger partial charge >= 0.3 is 6.18 Å². The number of alkyl halides is 3. The molecule has 5 nitrogen and oxygen atoms in total. The number of halogens is 4. The van der Waals surface area contributed by atoms with Gasteiger partial charge in [-0.1, -0.05) is 53.6 Å². The van der Waals surface area contributed by atoms with Crippen LogP contribution in [0.5, 0.6) is 0 Å². The number of nitrogens with zero attached hydrogens (tertiary/aromatic N) is 2. The minimum absolute atomic E-state index is 0.0148. The van der Waals surface area contributed by atoms with Crippen LogP contribution in [0.25, 0.3) is 0 Å². The van der Waals surface area contributed by atoms with Crippen LogP contribution < -0.4 is 10.6 Å². The van der Waals surface area contributed by atoms with Crippen molar-refractivity contribution in [3.05, 3.63) is 76.4 Å². The second kappa shape index (κ2) is 7.68. The molecule has 30 heavy (non-hydrogen) atoms. The van der Waals surface area contributed by atoms with Gasteiger partial charge in [0.25, 0.3) is 5.91 Å². The summed E-state index contributed by atoms with van der Waals surface area (Å²) in [6, 6.07) is 11.4. The molecule has 0 spiro atoms. The van der Waals surface area contributed by atoms with E-state index in [9.17, 15) is 18.0 Å². The molecule has 2 N–H and O–H groups in total. The second-order valence-corrected chi connectivity index (χ2v) is 7.59. The van der Waals surface area contributed by atoms with E-state index >= 15 is 0 Å². The molecular weight excluding hydrogens is 417 g/mol. The van der Waals surface area contributed by atoms with Crippen molar-refractivity contribution in [3.8, 4) is 0 Å². The summed E-state index contributed by atoms with van der Waals surface area (Å²) in [4.78, 5) is 12.8. The van der Waals surface area contributed by atoms with E-state index in [1.165, 1.54) is 0 Å². The van der Waals surface area contributed by atoms with Crippen LogP contribution in [0.1, 0.15) is 40.0 Å². The molecule has 2 heterocycles. The number of fused-ring (bicyclic) bond motifs is 1. The van der Waals surface area contributed by atoms with Crippen LogP contribution in [-0.2, 0) is 0 Å². The minimum atomic E-state index is -4.51. The van der Waals surface area contributed by atoms with Crippen molar-refractivity contribution in [1.82, 2.24) is 9.78 Å². The highest BCUT2D eigenvalue weighted by Crippen LogP contribution is 2.44. The van der Waals surface area contributed by atoms with E-state index < -0.39 is 24.2 Å². The third-order valence-electron chi connectivity index (χ3n) is 5.08. The van der Waals surface area contributed by atoms with E-state index in [0.29, 0.717) is 16.3 Å². The maximum absolute atomic E-state index is 13.8. The Morgan fingerprint density at radius 1 is 1.20 bits per heavy atom. The van der Waals surface area contributed by atoms with Crippen molar-refractivity contribution >= 4 is 29.0 Å². The standard InChI is InChI=1S/C21H18ClF3N4O/c1-12-6-8-13(9-7-12)17-10-18(21(23,24)25)29-19(27-17)14(11-26-29)20(30)28-16-5-3-2-4-15(16)22/h2-9,11,17-18,27H,10H2,1H3,(H,28,30). The second-order valence-electron chi connectivity index (χ2n) is 7.19. The predicted molar refractivity (Wildman–Crippen MR) is 109 cm³/mol. The highest BCUT2D eigenvalue weighted by atomic mass is 35.5. The van der Waals surface area contributed by atoms with Gasteiger partial charge in [0.2, 0.25) is 0 Å². The Kier molecular flexibility index (Phi) is 5.19. The quantitative estimate of drug-likeness (QED) is 0.551. The van der Waals surface area contributed by atoms with Gasteiger partial charge in [0, 0.05) is 6.42 Å². The number of nitrogens with one attached hydrogen (secondary N) is 2. The summed E-state index contributed by atoms with van der Waals surface area (Å²) in [7, 11) is 0. The molecule has 0 saturated carbocycles. The lowest BCUT2D eigenvalue weighted by molar-refractivity contribution is -0.173. The lowest BCUT2D eigenvalue weighted by atomic mass is 9.96. The number of hydrogen-bond acceptors (Lipinski definition) is 3. The average molecular weight is 435 g/mol. The summed E-state index contributed by atoms with van der Waals surface area (Å²) in [6.45, 7) is 1.91. The number of hydrogen-bond donors (Lipinski definition) is 2. The van der Waals surface area contributed by atoms with Crippen LogP contribution in [0, 0.1) is 6.92 Å². The summed E-state index contributed by atoms with van der Waals surface area (Å²) in [5, 5.41) is 9.90. The van der Waals surface area contributed by atoms with Crippen LogP contribution in [0.3, 0.4) is 0 Å². The zero-order chi connectivity index (χ0) is 21.5. The summed E-state index contributed by atoms with van der Waals surface area (Å²) in [6.07, 6.45) is -3.60. The van der Waals surface area contributed by atoms with Crippen LogP contribution >= 0.6 is 11.6 Å². The van der Waals surface area contributed by atoms with Crippen LogP contribution in [0.15, 0.2) is 54.7 Å². The Morgan fingerprint density at radius 3 is 2.57 bits per heavy atom. The molecule has 156 valence electrons. The van der Waals surface area contributed by atoms with Crippen molar-refractivity contribution in [2.45, 2.75) is 31.6 Å². The van der Waals surface area contributed by atoms with Gasteiger partial charge in [0.15, 0.2) is 6.04 Å². The Labute approximate surface area is 175 Å². The Morgan fingerprint density at radius 2 is 1.90 bits per heavy atom. The van der Waals surface area contributed by atoms with Gasteiger partial charge < -0.3 is 10.6 Å². The summed E-state index contributed by atoms with van der Waals surface area (Å²) in [5.41, 5.74) is 2.09. The zero-order valence-electron chi connectivity index (χ0n) is 15.9. The van der Waals surface area contributed by atoms with Crippen molar-refractivity contribution in [2.24, 2.45) is 0 Å². The fraction of sp³-hybridized carbons (Fsp3) is 0.238. The molecule has 3 aromatic rings. The van der Waals surface area contributed by atoms with E-state index in [-0.39, 0.29) is 17.8 Å². The molecule has 0 saturated heterocycles. The van der Waals surface area contributed by atoms with Gasteiger partial charge in [-0.2, -0.15) is 18.3 Å². The maximum atomic E-state index is 13.8. The molecule has 0 radical (unpaired) electrons. The molecule has 1 amide bonds. The number of amides is 1. The molecule has 0 bridgehead atoms. The van der Waals surface area contributed by atoms with E-state index in [1.54, 1.807) is 36.4 Å². The monoisotopic (exact) mass is 434 g/mol. The zero-order valence-corrected chi connectivity index (χ0v) is 16.6. The van der Waals surface area contributed by atoms with E-state index in [4.69, 9.17) is 11.6 Å². The van der Waals surface area contributed by atoms with E-state index in [1.807, 2.05) is 19.1 Å². The fourth-order valence-corrected chi connectivity index (χ4v) is 3.68. The molecule has 1 aliphatic heterocycles. The number of aromatic nitrogens is 2. The van der Waals surface area contributed by atoms with E-state index in [0.717, 1.165) is 16.4 Å². The maximum Gasteiger partial charge on any atom is 0.410 e. The predicted octanol–water partition coefficient (Wildman–Crippen LogP) is 5.76. The van der Waals surface area contributed by atoms with Crippen molar-refractivity contribution in [2.75, 3.05) is 10.6 Å². The van der Waals surface area contributed by atoms with Gasteiger partial charge in [-0.05, 0) is 24.6 Å². The molecule has 2 aromatic carbocycles. The van der Waals surface area contributed by atoms with Gasteiger partial charge in [-0.3, -0.25) is 4.79 Å². The third kappa shape index (κ3) is 3.87. The first kappa shape index (κ1) is 20.3. The van der Waals surface area contributed by atoms with Crippen molar-refractivity contribution in [1.29, 1.82) is 0 Å². The summed E-state index contributed by atoms with van der Waals surface area (Å²) in [5.74, 6) is -0.568. The molecule has 1 aliphatic rings. The Hall–Kier alpha value is -3.00. The number of carbonyl (C=O) groups is 1. The minimum Gasteiger partial charge on any atom is -0.363 e. The first-order valence-corrected chi connectivity index (χ1v) is 9.65. The average Bonchev–Trinajstić information content (AvgIpc) is 3.13. The number of aryl methyl sites for hydroxylation is 1. The normalized spacial score (nSPS) is 18.4. The van der Waals surface area contributed by atoms with Crippen molar-refractivity contribution < 1.29 is 18.0 Å². The smallest absolute Gasteiger partial charge is 0.363 e. The summed E-state index contributed by atoms with van der Waals surface area (Å²) < 4.78 is 42.2. The van der Waals surface area contributed by atoms with Crippen LogP contribution in [0.4, 0.5) is 24.7 Å². The lowest BCUT2D eigenvalue weighted by Crippen LogP contribution is -2.36. The highest BCUT2D eigenvalue weighted by molar-refractivity contribution is 6.34. The molecule has 0 aliphatic carbocycles. The number of rotatable bonds is 3. The fourth-order valence-electron chi connectivity index (χ4n) is 3.50. The van der Waals surface area contributed by atoms with Crippen LogP contribution in [0.2, 0.25) is 5.02 Å². The van der Waals surface area contributed by atoms with Gasteiger partial charge in [-0.15, -0.1) is 0 Å². The topological polar surface area (TPSA) is 59.0 Å². The first-order valence-electron chi connectivity index (χ1n) is 9.27. The molecule has 9 heteroatoms. The van der Waals surface area contributed by atoms with Crippen molar-refractivity contribution in [3.63, 3.8) is 0 Å². The van der Waals surface area contributed by atoms with Gasteiger partial charge in [-0.25, -0.2) is 4.68 Å². The van der Waals surface area contributed by atoms with Gasteiger partial charge in [0.1, 0.15) is 11.4 Å². The first-order chi connectivity index (χ1) is 14.2. The SMILES string of the molecule is Cc1ccc(C2CC(C(F)(F)F)n3ncc(C(=O)Nc4ccccc4Cl)c3N2)cc1. The molecule has 4 rings (SSSR count). The van der Waals surface area contributed by atoms with Gasteiger partial charge in [0.05, 0.1) is 22.9 Å². The molecule has 2 atom stereocenters. The Balaban J connectivity index is 1.70. The molecule has 2 unspecified atom stereocenters. The largest absolute Gasteiger partial charge is 0.410 e. The highest BCUT2D eigenvalue weighted by Gasteiger charge is 2.47. The van der Waals surface area contributed by atoms with E-state index in [2.05, 4.69) is 15.7 Å². The van der Waals surface area contributed by atoms with Crippen LogP contribution in [-0.4, -0.2) is 21.9 Å². The molecule has 1 aromatic heterocycles. The third-order valence-corrected chi connectivity index (χ3v) is 5.41. The Bertz CT molecular complexity index is 1080. The summed E-state index contributed by atoms with van der Waals surface area (Å²) >= 11 is 6.07. The molecular formula is C21H18ClF3N4O. The lowest BCUT2D eigenvalue weighted by Gasteiger charge is -2.34.